The summed E-state index contributed by atoms with van der Waals surface area (Å²) in [6, 6.07) is 42.2. The monoisotopic (exact) mass is 519 g/mol. The number of allylic oxidation sites excluding steroid dienone is 2. The fraction of sp³-hybridized carbons (Fsp3) is 0.176. The molecule has 0 heterocycles. The zero-order valence-corrected chi connectivity index (χ0v) is 24.5. The van der Waals surface area contributed by atoms with Crippen molar-refractivity contribution in [2.75, 3.05) is 0 Å². The molecule has 2 atom stereocenters. The van der Waals surface area contributed by atoms with Crippen LogP contribution < -0.4 is 7.74 Å². The Kier molecular flexibility index (Phi) is 5.72. The maximum absolute atomic E-state index is 4.06. The van der Waals surface area contributed by atoms with Gasteiger partial charge in [0.1, 0.15) is 0 Å². The Balaban J connectivity index is 1.88. The Bertz CT molecular complexity index is 1390. The van der Waals surface area contributed by atoms with Crippen LogP contribution >= 0.6 is 0 Å². The van der Waals surface area contributed by atoms with Gasteiger partial charge in [-0.25, -0.2) is 0 Å². The maximum atomic E-state index is 2.68. The summed E-state index contributed by atoms with van der Waals surface area (Å²) in [5, 5.41) is 0. The van der Waals surface area contributed by atoms with Crippen LogP contribution in [-0.2, 0) is 14.6 Å². The van der Waals surface area contributed by atoms with Crippen LogP contribution in [0.1, 0.15) is 44.5 Å². The van der Waals surface area contributed by atoms with E-state index in [1.54, 1.807) is 30.0 Å². The zero-order valence-electron chi connectivity index (χ0n) is 21.8. The van der Waals surface area contributed by atoms with Gasteiger partial charge in [-0.15, -0.1) is 0 Å². The minimum absolute atomic E-state index is 0.439. The summed E-state index contributed by atoms with van der Waals surface area (Å²) in [6.07, 6.45) is 5.01. The molecule has 0 amide bonds. The molecule has 2 heteroatoms. The third-order valence-corrected chi connectivity index (χ3v) is 40.6. The summed E-state index contributed by atoms with van der Waals surface area (Å²) in [6.45, 7) is 8.81. The fourth-order valence-corrected chi connectivity index (χ4v) is 41.2. The number of fused-ring (bicyclic) bond motifs is 2. The van der Waals surface area contributed by atoms with Gasteiger partial charge in [0.25, 0.3) is 0 Å². The average molecular weight is 520 g/mol. The van der Waals surface area contributed by atoms with Crippen molar-refractivity contribution < 1.29 is 14.6 Å². The van der Waals surface area contributed by atoms with E-state index in [-0.39, 0.29) is 0 Å². The predicted molar refractivity (Wildman–Crippen MR) is 157 cm³/mol. The SMILES string of the molecule is CC1=Cc2ccccc2[CH]1[Ti]([c]1ccccc1)([c]1ccccc1)([CH]1C(C)=Cc2ccccc21)[SiH](C)C. The average Bonchev–Trinajstić information content (AvgIpc) is 3.43. The molecule has 0 aromatic heterocycles. The van der Waals surface area contributed by atoms with E-state index in [1.165, 1.54) is 11.1 Å². The molecule has 0 nitrogen and oxygen atoms in total. The molecule has 0 aliphatic heterocycles. The minimum atomic E-state index is -4.06. The summed E-state index contributed by atoms with van der Waals surface area (Å²) >= 11 is -4.06. The molecule has 0 N–H and O–H groups in total. The fourth-order valence-electron chi connectivity index (χ4n) is 8.56. The summed E-state index contributed by atoms with van der Waals surface area (Å²) < 4.78 is 4.17. The second-order valence-corrected chi connectivity index (χ2v) is 32.4. The third-order valence-electron chi connectivity index (χ3n) is 9.62. The van der Waals surface area contributed by atoms with E-state index in [1.807, 2.05) is 0 Å². The first kappa shape index (κ1) is 23.7. The molecule has 4 aromatic carbocycles. The quantitative estimate of drug-likeness (QED) is 0.238. The predicted octanol–water partition coefficient (Wildman–Crippen LogP) is 7.63. The second kappa shape index (κ2) is 8.70. The van der Waals surface area contributed by atoms with E-state index in [4.69, 9.17) is 0 Å². The first-order valence-electron chi connectivity index (χ1n) is 13.3. The van der Waals surface area contributed by atoms with E-state index in [2.05, 4.69) is 148 Å². The van der Waals surface area contributed by atoms with Crippen molar-refractivity contribution in [3.63, 3.8) is 0 Å². The molecule has 0 saturated carbocycles. The van der Waals surface area contributed by atoms with Crippen molar-refractivity contribution in [1.82, 2.24) is 0 Å². The number of benzene rings is 4. The van der Waals surface area contributed by atoms with Crippen LogP contribution in [0.25, 0.3) is 12.2 Å². The summed E-state index contributed by atoms with van der Waals surface area (Å²) in [7, 11) is 0. The van der Waals surface area contributed by atoms with Gasteiger partial charge in [-0.2, -0.15) is 0 Å². The summed E-state index contributed by atoms with van der Waals surface area (Å²) in [5.41, 5.74) is 9.06. The van der Waals surface area contributed by atoms with Gasteiger partial charge in [0.15, 0.2) is 0 Å². The van der Waals surface area contributed by atoms with Crippen LogP contribution in [0.4, 0.5) is 0 Å². The van der Waals surface area contributed by atoms with E-state index in [0.717, 1.165) is 0 Å². The Hall–Kier alpha value is -2.71. The number of hydrogen-bond acceptors (Lipinski definition) is 0. The molecule has 2 unspecified atom stereocenters. The van der Waals surface area contributed by atoms with Crippen molar-refractivity contribution in [3.05, 3.63) is 143 Å². The van der Waals surface area contributed by atoms with Gasteiger partial charge in [0, 0.05) is 0 Å². The molecule has 0 fully saturated rings. The van der Waals surface area contributed by atoms with Crippen LogP contribution in [0.5, 0.6) is 0 Å². The van der Waals surface area contributed by atoms with Crippen LogP contribution in [0, 0.1) is 0 Å². The summed E-state index contributed by atoms with van der Waals surface area (Å²) in [4.78, 5) is 0. The molecule has 0 bridgehead atoms. The number of rotatable bonds is 5. The Labute approximate surface area is 218 Å². The second-order valence-electron chi connectivity index (χ2n) is 11.3. The van der Waals surface area contributed by atoms with Gasteiger partial charge in [0.2, 0.25) is 0 Å². The van der Waals surface area contributed by atoms with Crippen molar-refractivity contribution >= 4 is 26.6 Å². The molecule has 2 aliphatic carbocycles. The molecule has 2 aliphatic rings. The van der Waals surface area contributed by atoms with Crippen molar-refractivity contribution in [1.29, 1.82) is 0 Å². The molecule has 36 heavy (non-hydrogen) atoms. The molecule has 4 aromatic rings. The molecule has 179 valence electrons. The molecular formula is C34H35SiTi. The zero-order chi connectivity index (χ0) is 24.9. The first-order valence-corrected chi connectivity index (χ1v) is 22.3. The normalized spacial score (nSPS) is 19.8. The van der Waals surface area contributed by atoms with Gasteiger partial charge < -0.3 is 0 Å². The van der Waals surface area contributed by atoms with Gasteiger partial charge in [-0.1, -0.05) is 0 Å². The topological polar surface area (TPSA) is 0 Å². The third kappa shape index (κ3) is 2.91. The van der Waals surface area contributed by atoms with Gasteiger partial charge in [-0.05, 0) is 0 Å². The summed E-state index contributed by atoms with van der Waals surface area (Å²) in [5.74, 6) is 0. The van der Waals surface area contributed by atoms with Gasteiger partial charge >= 0.3 is 219 Å². The first-order chi connectivity index (χ1) is 17.5. The number of hydrogen-bond donors (Lipinski definition) is 0. The molecule has 6 rings (SSSR count). The van der Waals surface area contributed by atoms with Crippen molar-refractivity contribution in [3.8, 4) is 0 Å². The Morgan fingerprint density at radius 2 is 0.861 bits per heavy atom. The standard InChI is InChI=1S/2C10H9.2C6H5.C2H7Si.Ti/c2*1-8-6-9-4-2-3-5-10(9)7-8;2*1-2-4-6-5-3-1;1-3-2;/h2*2-7H,1H3;2*1-5H;3H,1-2H3;. The van der Waals surface area contributed by atoms with Crippen LogP contribution in [0.15, 0.2) is 120 Å². The van der Waals surface area contributed by atoms with Crippen LogP contribution in [0.3, 0.4) is 0 Å². The van der Waals surface area contributed by atoms with E-state index >= 15 is 0 Å². The Morgan fingerprint density at radius 3 is 1.25 bits per heavy atom. The van der Waals surface area contributed by atoms with Gasteiger partial charge in [0.05, 0.1) is 0 Å². The molecule has 0 radical (unpaired) electrons. The van der Waals surface area contributed by atoms with E-state index in [9.17, 15) is 0 Å². The molecule has 0 spiro atoms. The Morgan fingerprint density at radius 1 is 0.500 bits per heavy atom. The van der Waals surface area contributed by atoms with E-state index in [0.29, 0.717) is 8.45 Å². The van der Waals surface area contributed by atoms with Crippen molar-refractivity contribution in [2.45, 2.75) is 35.4 Å². The van der Waals surface area contributed by atoms with Gasteiger partial charge in [-0.3, -0.25) is 0 Å². The molecular weight excluding hydrogens is 484 g/mol. The van der Waals surface area contributed by atoms with Crippen LogP contribution in [-0.4, -0.2) is 6.66 Å². The van der Waals surface area contributed by atoms with Crippen molar-refractivity contribution in [2.24, 2.45) is 0 Å². The molecule has 0 saturated heterocycles. The van der Waals surface area contributed by atoms with E-state index < -0.39 is 21.2 Å². The van der Waals surface area contributed by atoms with Crippen LogP contribution in [0.2, 0.25) is 13.1 Å².